The molecule has 0 spiro atoms. The van der Waals surface area contributed by atoms with Crippen LogP contribution in [0.2, 0.25) is 0 Å². The average Bonchev–Trinajstić information content (AvgIpc) is 2.89. The molecule has 0 aliphatic carbocycles. The van der Waals surface area contributed by atoms with Gasteiger partial charge in [-0.1, -0.05) is 18.2 Å². The zero-order valence-electron chi connectivity index (χ0n) is 12.9. The quantitative estimate of drug-likeness (QED) is 0.531. The molecule has 0 atom stereocenters. The van der Waals surface area contributed by atoms with Gasteiger partial charge in [0.15, 0.2) is 0 Å². The second-order valence-corrected chi connectivity index (χ2v) is 5.15. The van der Waals surface area contributed by atoms with Gasteiger partial charge in [0.25, 0.3) is 0 Å². The largest absolute Gasteiger partial charge is 0.497 e. The summed E-state index contributed by atoms with van der Waals surface area (Å²) >= 11 is 0. The molecule has 1 aliphatic rings. The van der Waals surface area contributed by atoms with Gasteiger partial charge in [-0.15, -0.1) is 0 Å². The molecule has 2 aromatic rings. The van der Waals surface area contributed by atoms with Crippen molar-refractivity contribution < 1.29 is 24.2 Å². The van der Waals surface area contributed by atoms with Gasteiger partial charge in [0, 0.05) is 11.6 Å². The Morgan fingerprint density at radius 1 is 1.12 bits per heavy atom. The Kier molecular flexibility index (Phi) is 4.16. The first kappa shape index (κ1) is 15.6. The maximum Gasteiger partial charge on any atom is 0.344 e. The van der Waals surface area contributed by atoms with Crippen LogP contribution in [0.25, 0.3) is 17.7 Å². The molecule has 0 aromatic heterocycles. The van der Waals surface area contributed by atoms with Crippen molar-refractivity contribution in [3.8, 4) is 11.5 Å². The van der Waals surface area contributed by atoms with Crippen molar-refractivity contribution in [2.24, 2.45) is 0 Å². The molecule has 0 saturated heterocycles. The van der Waals surface area contributed by atoms with Crippen LogP contribution in [0.15, 0.2) is 48.5 Å². The van der Waals surface area contributed by atoms with Gasteiger partial charge in [-0.2, -0.15) is 0 Å². The minimum Gasteiger partial charge on any atom is -0.497 e. The number of benzene rings is 2. The fourth-order valence-electron chi connectivity index (χ4n) is 2.39. The normalized spacial score (nSPS) is 14.7. The van der Waals surface area contributed by atoms with E-state index in [0.29, 0.717) is 22.4 Å². The van der Waals surface area contributed by atoms with Gasteiger partial charge in [0.05, 0.1) is 12.7 Å². The minimum absolute atomic E-state index is 0.430. The molecule has 1 aliphatic heterocycles. The number of carbonyl (C=O) groups is 2. The molecule has 0 amide bonds. The number of ether oxygens (including phenoxy) is 2. The number of fused-ring (bicyclic) bond motifs is 1. The molecule has 120 valence electrons. The summed E-state index contributed by atoms with van der Waals surface area (Å²) in [5.41, 5.74) is 2.58. The van der Waals surface area contributed by atoms with E-state index in [1.165, 1.54) is 6.08 Å². The zero-order valence-corrected chi connectivity index (χ0v) is 12.9. The smallest absolute Gasteiger partial charge is 0.344 e. The summed E-state index contributed by atoms with van der Waals surface area (Å²) < 4.78 is 10.4. The Labute approximate surface area is 138 Å². The summed E-state index contributed by atoms with van der Waals surface area (Å²) in [6.07, 6.45) is 4.25. The number of hydrogen-bond acceptors (Lipinski definition) is 4. The number of carboxylic acid groups (broad SMARTS) is 1. The highest BCUT2D eigenvalue weighted by Gasteiger charge is 2.26. The van der Waals surface area contributed by atoms with Crippen molar-refractivity contribution in [3.63, 3.8) is 0 Å². The Morgan fingerprint density at radius 3 is 2.50 bits per heavy atom. The number of methoxy groups -OCH3 is 1. The van der Waals surface area contributed by atoms with Gasteiger partial charge in [0.2, 0.25) is 0 Å². The third kappa shape index (κ3) is 3.20. The highest BCUT2D eigenvalue weighted by atomic mass is 16.5. The van der Waals surface area contributed by atoms with Gasteiger partial charge >= 0.3 is 11.9 Å². The molecule has 1 N–H and O–H groups in total. The van der Waals surface area contributed by atoms with E-state index in [4.69, 9.17) is 14.6 Å². The van der Waals surface area contributed by atoms with E-state index >= 15 is 0 Å². The number of esters is 1. The molecular weight excluding hydrogens is 308 g/mol. The van der Waals surface area contributed by atoms with Crippen LogP contribution in [0.4, 0.5) is 0 Å². The standard InChI is InChI=1S/C19H14O5/c1-23-14-6-2-12(3-7-14)11-16-15-10-13(5-9-18(20)21)4-8-17(15)24-19(16)22/h2-11H,1H3,(H,20,21)/b9-5+,16-11+. The van der Waals surface area contributed by atoms with Crippen LogP contribution >= 0.6 is 0 Å². The van der Waals surface area contributed by atoms with Crippen molar-refractivity contribution in [1.29, 1.82) is 0 Å². The van der Waals surface area contributed by atoms with E-state index < -0.39 is 11.9 Å². The second-order valence-electron chi connectivity index (χ2n) is 5.15. The highest BCUT2D eigenvalue weighted by Crippen LogP contribution is 2.36. The predicted molar refractivity (Wildman–Crippen MR) is 89.6 cm³/mol. The first-order valence-corrected chi connectivity index (χ1v) is 7.20. The maximum absolute atomic E-state index is 12.1. The van der Waals surface area contributed by atoms with E-state index in [1.807, 2.05) is 12.1 Å². The lowest BCUT2D eigenvalue weighted by molar-refractivity contribution is -0.131. The molecule has 0 bridgehead atoms. The molecule has 3 rings (SSSR count). The van der Waals surface area contributed by atoms with E-state index in [2.05, 4.69) is 0 Å². The van der Waals surface area contributed by atoms with Gasteiger partial charge in [-0.3, -0.25) is 0 Å². The Bertz CT molecular complexity index is 860. The molecule has 5 nitrogen and oxygen atoms in total. The first-order valence-electron chi connectivity index (χ1n) is 7.20. The number of rotatable bonds is 4. The summed E-state index contributed by atoms with van der Waals surface area (Å²) in [5, 5.41) is 8.71. The van der Waals surface area contributed by atoms with E-state index in [0.717, 1.165) is 17.4 Å². The lowest BCUT2D eigenvalue weighted by Crippen LogP contribution is -2.00. The summed E-state index contributed by atoms with van der Waals surface area (Å²) in [6.45, 7) is 0. The molecule has 0 saturated carbocycles. The van der Waals surface area contributed by atoms with Crippen molar-refractivity contribution in [2.45, 2.75) is 0 Å². The second kappa shape index (κ2) is 6.42. The van der Waals surface area contributed by atoms with Crippen LogP contribution in [0.1, 0.15) is 16.7 Å². The Morgan fingerprint density at radius 2 is 1.83 bits per heavy atom. The average molecular weight is 322 g/mol. The van der Waals surface area contributed by atoms with Crippen LogP contribution in [-0.4, -0.2) is 24.2 Å². The zero-order chi connectivity index (χ0) is 17.1. The fraction of sp³-hybridized carbons (Fsp3) is 0.0526. The molecule has 5 heteroatoms. The highest BCUT2D eigenvalue weighted by molar-refractivity contribution is 6.26. The fourth-order valence-corrected chi connectivity index (χ4v) is 2.39. The molecule has 0 fully saturated rings. The number of hydrogen-bond donors (Lipinski definition) is 1. The van der Waals surface area contributed by atoms with Crippen LogP contribution in [0.3, 0.4) is 0 Å². The maximum atomic E-state index is 12.1. The molecular formula is C19H14O5. The lowest BCUT2D eigenvalue weighted by atomic mass is 10.0. The van der Waals surface area contributed by atoms with Crippen molar-refractivity contribution in [3.05, 3.63) is 65.2 Å². The van der Waals surface area contributed by atoms with Gasteiger partial charge < -0.3 is 14.6 Å². The summed E-state index contributed by atoms with van der Waals surface area (Å²) in [4.78, 5) is 22.7. The van der Waals surface area contributed by atoms with Gasteiger partial charge in [-0.05, 0) is 47.5 Å². The monoisotopic (exact) mass is 322 g/mol. The van der Waals surface area contributed by atoms with E-state index in [9.17, 15) is 9.59 Å². The SMILES string of the molecule is COc1ccc(/C=C2/C(=O)Oc3ccc(/C=C/C(=O)O)cc32)cc1. The molecule has 0 unspecified atom stereocenters. The molecule has 1 heterocycles. The van der Waals surface area contributed by atoms with Crippen LogP contribution in [-0.2, 0) is 9.59 Å². The first-order chi connectivity index (χ1) is 11.6. The third-order valence-electron chi connectivity index (χ3n) is 3.56. The van der Waals surface area contributed by atoms with Gasteiger partial charge in [-0.25, -0.2) is 9.59 Å². The Balaban J connectivity index is 1.98. The summed E-state index contributed by atoms with van der Waals surface area (Å²) in [5.74, 6) is -0.267. The van der Waals surface area contributed by atoms with Crippen LogP contribution in [0, 0.1) is 0 Å². The van der Waals surface area contributed by atoms with Crippen molar-refractivity contribution >= 4 is 29.7 Å². The molecule has 24 heavy (non-hydrogen) atoms. The van der Waals surface area contributed by atoms with E-state index in [1.54, 1.807) is 43.5 Å². The van der Waals surface area contributed by atoms with E-state index in [-0.39, 0.29) is 0 Å². The van der Waals surface area contributed by atoms with Crippen LogP contribution < -0.4 is 9.47 Å². The van der Waals surface area contributed by atoms with Crippen LogP contribution in [0.5, 0.6) is 11.5 Å². The third-order valence-corrected chi connectivity index (χ3v) is 3.56. The summed E-state index contributed by atoms with van der Waals surface area (Å²) in [6, 6.07) is 12.4. The van der Waals surface area contributed by atoms with Gasteiger partial charge in [0.1, 0.15) is 11.5 Å². The molecule has 2 aromatic carbocycles. The summed E-state index contributed by atoms with van der Waals surface area (Å²) in [7, 11) is 1.59. The molecule has 0 radical (unpaired) electrons. The predicted octanol–water partition coefficient (Wildman–Crippen LogP) is 3.25. The van der Waals surface area contributed by atoms with Crippen molar-refractivity contribution in [2.75, 3.05) is 7.11 Å². The van der Waals surface area contributed by atoms with Crippen molar-refractivity contribution in [1.82, 2.24) is 0 Å². The topological polar surface area (TPSA) is 72.8 Å². The number of aliphatic carboxylic acids is 1. The number of carbonyl (C=O) groups excluding carboxylic acids is 1. The lowest BCUT2D eigenvalue weighted by Gasteiger charge is -2.01. The minimum atomic E-state index is -1.03. The Hall–Kier alpha value is -3.34. The number of carboxylic acids is 1.